The molecule has 31 heavy (non-hydrogen) atoms. The first-order chi connectivity index (χ1) is 14.8. The molecule has 2 amide bonds. The maximum absolute atomic E-state index is 13.9. The molecule has 0 bridgehead atoms. The molecule has 3 aromatic carbocycles. The molecule has 8 nitrogen and oxygen atoms in total. The molecule has 0 aliphatic carbocycles. The number of carbonyl (C=O) groups is 2. The second kappa shape index (κ2) is 7.68. The van der Waals surface area contributed by atoms with Gasteiger partial charge in [0.15, 0.2) is 0 Å². The summed E-state index contributed by atoms with van der Waals surface area (Å²) in [4.78, 5) is 24.8. The van der Waals surface area contributed by atoms with E-state index in [-0.39, 0.29) is 27.8 Å². The van der Waals surface area contributed by atoms with E-state index >= 15 is 0 Å². The van der Waals surface area contributed by atoms with Crippen molar-refractivity contribution in [1.82, 2.24) is 5.48 Å². The van der Waals surface area contributed by atoms with Crippen LogP contribution in [0.2, 0.25) is 0 Å². The first kappa shape index (κ1) is 20.8. The van der Waals surface area contributed by atoms with Crippen LogP contribution in [-0.4, -0.2) is 31.5 Å². The normalized spacial score (nSPS) is 16.2. The molecule has 0 spiro atoms. The number of sulfonamides is 1. The van der Waals surface area contributed by atoms with E-state index in [1.165, 1.54) is 29.7 Å². The highest BCUT2D eigenvalue weighted by atomic mass is 32.2. The van der Waals surface area contributed by atoms with Crippen LogP contribution in [0.15, 0.2) is 65.6 Å². The van der Waals surface area contributed by atoms with Gasteiger partial charge in [-0.05, 0) is 35.6 Å². The highest BCUT2D eigenvalue weighted by Gasteiger charge is 2.43. The summed E-state index contributed by atoms with van der Waals surface area (Å²) in [7, 11) is -4.15. The first-order valence-corrected chi connectivity index (χ1v) is 11.1. The summed E-state index contributed by atoms with van der Waals surface area (Å²) in [5.41, 5.74) is 2.03. The van der Waals surface area contributed by atoms with Crippen LogP contribution in [0.25, 0.3) is 10.8 Å². The molecule has 3 aromatic rings. The largest absolute Gasteiger partial charge is 0.322 e. The Morgan fingerprint density at radius 1 is 1.10 bits per heavy atom. The fourth-order valence-corrected chi connectivity index (χ4v) is 5.86. The molecule has 0 saturated carbocycles. The van der Waals surface area contributed by atoms with Crippen LogP contribution in [0.5, 0.6) is 0 Å². The van der Waals surface area contributed by atoms with Crippen LogP contribution < -0.4 is 15.1 Å². The molecule has 0 fully saturated rings. The van der Waals surface area contributed by atoms with Crippen LogP contribution in [0.4, 0.5) is 11.4 Å². The zero-order valence-corrected chi connectivity index (χ0v) is 17.7. The maximum Gasteiger partial charge on any atom is 0.274 e. The van der Waals surface area contributed by atoms with E-state index < -0.39 is 27.9 Å². The lowest BCUT2D eigenvalue weighted by molar-refractivity contribution is -0.118. The van der Waals surface area contributed by atoms with Gasteiger partial charge in [0, 0.05) is 10.9 Å². The van der Waals surface area contributed by atoms with Gasteiger partial charge in [-0.3, -0.25) is 19.1 Å². The van der Waals surface area contributed by atoms with Crippen molar-refractivity contribution in [2.45, 2.75) is 24.8 Å². The molecule has 0 radical (unpaired) electrons. The Morgan fingerprint density at radius 3 is 2.52 bits per heavy atom. The number of benzene rings is 3. The Kier molecular flexibility index (Phi) is 5.16. The summed E-state index contributed by atoms with van der Waals surface area (Å²) >= 11 is 0. The van der Waals surface area contributed by atoms with Crippen LogP contribution >= 0.6 is 0 Å². The van der Waals surface area contributed by atoms with Gasteiger partial charge < -0.3 is 5.32 Å². The van der Waals surface area contributed by atoms with Gasteiger partial charge in [0.1, 0.15) is 6.04 Å². The fraction of sp³-hybridized carbons (Fsp3) is 0.182. The van der Waals surface area contributed by atoms with Crippen LogP contribution in [0, 0.1) is 5.92 Å². The van der Waals surface area contributed by atoms with Gasteiger partial charge >= 0.3 is 0 Å². The summed E-state index contributed by atoms with van der Waals surface area (Å²) in [6.45, 7) is 3.54. The van der Waals surface area contributed by atoms with Crippen molar-refractivity contribution in [1.29, 1.82) is 0 Å². The molecule has 4 rings (SSSR count). The topological polar surface area (TPSA) is 116 Å². The Hall–Kier alpha value is -3.43. The van der Waals surface area contributed by atoms with Gasteiger partial charge in [0.25, 0.3) is 15.9 Å². The number of anilines is 2. The van der Waals surface area contributed by atoms with Crippen molar-refractivity contribution < 1.29 is 23.2 Å². The lowest BCUT2D eigenvalue weighted by Crippen LogP contribution is -2.53. The molecule has 3 N–H and O–H groups in total. The first-order valence-electron chi connectivity index (χ1n) is 9.67. The Balaban J connectivity index is 1.96. The van der Waals surface area contributed by atoms with Crippen molar-refractivity contribution >= 4 is 44.0 Å². The molecule has 0 aromatic heterocycles. The Labute approximate surface area is 179 Å². The number of hydrogen-bond acceptors (Lipinski definition) is 5. The van der Waals surface area contributed by atoms with Crippen molar-refractivity contribution in [3.05, 3.63) is 66.2 Å². The molecule has 0 saturated heterocycles. The summed E-state index contributed by atoms with van der Waals surface area (Å²) in [6.07, 6.45) is 0. The fourth-order valence-electron chi connectivity index (χ4n) is 3.88. The molecular formula is C22H21N3O5S. The van der Waals surface area contributed by atoms with Crippen LogP contribution in [0.3, 0.4) is 0 Å². The summed E-state index contributed by atoms with van der Waals surface area (Å²) in [6, 6.07) is 15.4. The average molecular weight is 439 g/mol. The lowest BCUT2D eigenvalue weighted by Gasteiger charge is -2.39. The molecule has 1 aliphatic heterocycles. The number of nitrogens with zero attached hydrogens (tertiary/aromatic N) is 1. The Morgan fingerprint density at radius 2 is 1.81 bits per heavy atom. The SMILES string of the molecule is CC(C)[C@H]1C(=O)Nc2cc(C(=O)NO)ccc2N1S(=O)(=O)c1cccc2ccccc12. The smallest absolute Gasteiger partial charge is 0.274 e. The number of hydroxylamine groups is 1. The predicted molar refractivity (Wildman–Crippen MR) is 117 cm³/mol. The third-order valence-electron chi connectivity index (χ3n) is 5.29. The second-order valence-corrected chi connectivity index (χ2v) is 9.41. The van der Waals surface area contributed by atoms with Gasteiger partial charge in [-0.2, -0.15) is 0 Å². The van der Waals surface area contributed by atoms with E-state index in [1.54, 1.807) is 32.0 Å². The number of carbonyl (C=O) groups excluding carboxylic acids is 2. The van der Waals surface area contributed by atoms with E-state index in [0.717, 1.165) is 9.69 Å². The van der Waals surface area contributed by atoms with Crippen LogP contribution in [0.1, 0.15) is 24.2 Å². The molecule has 1 aliphatic rings. The standard InChI is InChI=1S/C22H21N3O5S/c1-13(2)20-22(27)23-17-12-15(21(26)24-28)10-11-18(17)25(20)31(29,30)19-9-5-7-14-6-3-4-8-16(14)19/h3-13,20,28H,1-2H3,(H,23,27)(H,24,26)/t20-/m0/s1. The number of rotatable bonds is 4. The minimum absolute atomic E-state index is 0.0760. The van der Waals surface area contributed by atoms with Crippen molar-refractivity contribution in [3.63, 3.8) is 0 Å². The average Bonchev–Trinajstić information content (AvgIpc) is 2.76. The summed E-state index contributed by atoms with van der Waals surface area (Å²) < 4.78 is 29.0. The zero-order chi connectivity index (χ0) is 22.3. The van der Waals surface area contributed by atoms with E-state index in [4.69, 9.17) is 5.21 Å². The van der Waals surface area contributed by atoms with Gasteiger partial charge in [-0.15, -0.1) is 0 Å². The monoisotopic (exact) mass is 439 g/mol. The van der Waals surface area contributed by atoms with Gasteiger partial charge in [0.05, 0.1) is 16.3 Å². The number of amides is 2. The minimum atomic E-state index is -4.15. The maximum atomic E-state index is 13.9. The van der Waals surface area contributed by atoms with E-state index in [2.05, 4.69) is 5.32 Å². The molecule has 0 unspecified atom stereocenters. The predicted octanol–water partition coefficient (Wildman–Crippen LogP) is 3.13. The van der Waals surface area contributed by atoms with Crippen molar-refractivity contribution in [3.8, 4) is 0 Å². The number of hydrogen-bond donors (Lipinski definition) is 3. The van der Waals surface area contributed by atoms with E-state index in [0.29, 0.717) is 5.39 Å². The Bertz CT molecular complexity index is 1300. The lowest BCUT2D eigenvalue weighted by atomic mass is 9.99. The summed E-state index contributed by atoms with van der Waals surface area (Å²) in [5.74, 6) is -1.59. The van der Waals surface area contributed by atoms with E-state index in [1.807, 2.05) is 18.2 Å². The highest BCUT2D eigenvalue weighted by molar-refractivity contribution is 7.93. The third-order valence-corrected chi connectivity index (χ3v) is 7.15. The third kappa shape index (κ3) is 3.41. The number of fused-ring (bicyclic) bond motifs is 2. The molecular weight excluding hydrogens is 418 g/mol. The van der Waals surface area contributed by atoms with E-state index in [9.17, 15) is 18.0 Å². The zero-order valence-electron chi connectivity index (χ0n) is 16.9. The molecule has 160 valence electrons. The molecule has 1 atom stereocenters. The molecule has 9 heteroatoms. The number of nitrogens with one attached hydrogen (secondary N) is 2. The van der Waals surface area contributed by atoms with Crippen molar-refractivity contribution in [2.75, 3.05) is 9.62 Å². The van der Waals surface area contributed by atoms with Crippen LogP contribution in [-0.2, 0) is 14.8 Å². The van der Waals surface area contributed by atoms with Crippen molar-refractivity contribution in [2.24, 2.45) is 5.92 Å². The quantitative estimate of drug-likeness (QED) is 0.427. The highest BCUT2D eigenvalue weighted by Crippen LogP contribution is 2.40. The minimum Gasteiger partial charge on any atom is -0.322 e. The van der Waals surface area contributed by atoms with Gasteiger partial charge in [0.2, 0.25) is 5.91 Å². The molecule has 1 heterocycles. The van der Waals surface area contributed by atoms with Gasteiger partial charge in [-0.1, -0.05) is 50.2 Å². The van der Waals surface area contributed by atoms with Gasteiger partial charge in [-0.25, -0.2) is 13.9 Å². The second-order valence-electron chi connectivity index (χ2n) is 7.63. The summed E-state index contributed by atoms with van der Waals surface area (Å²) in [5, 5.41) is 12.9.